The monoisotopic (exact) mass is 329 g/mol. The smallest absolute Gasteiger partial charge is 0.268 e. The highest BCUT2D eigenvalue weighted by Gasteiger charge is 2.24. The lowest BCUT2D eigenvalue weighted by atomic mass is 10.1. The molecule has 3 nitrogen and oxygen atoms in total. The molecular formula is C14H16ClNO2S2. The van der Waals surface area contributed by atoms with Crippen LogP contribution in [0.5, 0.6) is 0 Å². The second-order valence-electron chi connectivity index (χ2n) is 4.62. The molecule has 1 heterocycles. The van der Waals surface area contributed by atoms with Crippen molar-refractivity contribution in [2.75, 3.05) is 11.4 Å². The summed E-state index contributed by atoms with van der Waals surface area (Å²) in [5, 5.41) is 0. The first-order valence-electron chi connectivity index (χ1n) is 6.07. The Labute approximate surface area is 128 Å². The molecule has 0 saturated carbocycles. The first kappa shape index (κ1) is 15.4. The molecule has 1 aromatic heterocycles. The van der Waals surface area contributed by atoms with Crippen molar-refractivity contribution in [2.45, 2.75) is 23.9 Å². The quantitative estimate of drug-likeness (QED) is 0.797. The van der Waals surface area contributed by atoms with Crippen molar-refractivity contribution in [2.24, 2.45) is 0 Å². The van der Waals surface area contributed by atoms with E-state index in [2.05, 4.69) is 0 Å². The fourth-order valence-electron chi connectivity index (χ4n) is 1.99. The minimum atomic E-state index is -3.52. The number of hydrogen-bond donors (Lipinski definition) is 0. The number of rotatable bonds is 4. The average molecular weight is 330 g/mol. The number of sulfonamides is 1. The number of nitrogens with zero attached hydrogens (tertiary/aromatic N) is 1. The first-order valence-corrected chi connectivity index (χ1v) is 8.86. The Morgan fingerprint density at radius 2 is 1.90 bits per heavy atom. The van der Waals surface area contributed by atoms with Crippen LogP contribution in [-0.4, -0.2) is 15.5 Å². The van der Waals surface area contributed by atoms with E-state index in [1.54, 1.807) is 19.2 Å². The molecule has 0 radical (unpaired) electrons. The molecule has 0 amide bonds. The summed E-state index contributed by atoms with van der Waals surface area (Å²) in [4.78, 5) is 0.847. The van der Waals surface area contributed by atoms with Gasteiger partial charge in [-0.15, -0.1) is 22.9 Å². The lowest BCUT2D eigenvalue weighted by molar-refractivity contribution is 0.596. The number of anilines is 1. The maximum absolute atomic E-state index is 12.6. The molecule has 0 bridgehead atoms. The highest BCUT2D eigenvalue weighted by molar-refractivity contribution is 7.94. The van der Waals surface area contributed by atoms with Gasteiger partial charge in [0.25, 0.3) is 10.0 Å². The van der Waals surface area contributed by atoms with E-state index in [0.717, 1.165) is 16.0 Å². The van der Waals surface area contributed by atoms with Crippen molar-refractivity contribution in [3.63, 3.8) is 0 Å². The number of halogens is 1. The second-order valence-corrected chi connectivity index (χ2v) is 8.25. The Morgan fingerprint density at radius 3 is 2.45 bits per heavy atom. The van der Waals surface area contributed by atoms with Gasteiger partial charge in [0.2, 0.25) is 0 Å². The molecule has 0 fully saturated rings. The minimum absolute atomic E-state index is 0.315. The SMILES string of the molecule is Cc1ccc(N(C)S(=O)(=O)c2ccc(CCl)s2)c(C)c1. The van der Waals surface area contributed by atoms with E-state index >= 15 is 0 Å². The average Bonchev–Trinajstić information content (AvgIpc) is 2.87. The van der Waals surface area contributed by atoms with Crippen molar-refractivity contribution in [1.82, 2.24) is 0 Å². The molecule has 1 aromatic carbocycles. The third-order valence-electron chi connectivity index (χ3n) is 3.08. The van der Waals surface area contributed by atoms with Gasteiger partial charge in [0.15, 0.2) is 0 Å². The Balaban J connectivity index is 2.43. The van der Waals surface area contributed by atoms with Crippen molar-refractivity contribution >= 4 is 38.6 Å². The van der Waals surface area contributed by atoms with E-state index in [-0.39, 0.29) is 0 Å². The van der Waals surface area contributed by atoms with Crippen molar-refractivity contribution in [1.29, 1.82) is 0 Å². The Bertz CT molecular complexity index is 723. The third kappa shape index (κ3) is 2.85. The van der Waals surface area contributed by atoms with Gasteiger partial charge in [-0.2, -0.15) is 0 Å². The van der Waals surface area contributed by atoms with Gasteiger partial charge in [-0.1, -0.05) is 17.7 Å². The summed E-state index contributed by atoms with van der Waals surface area (Å²) in [6.07, 6.45) is 0. The van der Waals surface area contributed by atoms with Gasteiger partial charge in [-0.3, -0.25) is 4.31 Å². The molecule has 2 rings (SSSR count). The van der Waals surface area contributed by atoms with E-state index in [1.165, 1.54) is 15.6 Å². The van der Waals surface area contributed by atoms with Gasteiger partial charge in [-0.25, -0.2) is 8.42 Å². The van der Waals surface area contributed by atoms with Crippen LogP contribution in [0.2, 0.25) is 0 Å². The Morgan fingerprint density at radius 1 is 1.20 bits per heavy atom. The van der Waals surface area contributed by atoms with Crippen LogP contribution >= 0.6 is 22.9 Å². The largest absolute Gasteiger partial charge is 0.273 e. The Kier molecular flexibility index (Phi) is 4.42. The van der Waals surface area contributed by atoms with Crippen LogP contribution in [0.25, 0.3) is 0 Å². The van der Waals surface area contributed by atoms with Gasteiger partial charge < -0.3 is 0 Å². The van der Waals surface area contributed by atoms with Crippen LogP contribution < -0.4 is 4.31 Å². The summed E-state index contributed by atoms with van der Waals surface area (Å²) in [6, 6.07) is 9.07. The Hall–Kier alpha value is -1.04. The zero-order valence-electron chi connectivity index (χ0n) is 11.6. The highest BCUT2D eigenvalue weighted by atomic mass is 35.5. The zero-order valence-corrected chi connectivity index (χ0v) is 13.9. The predicted octanol–water partition coefficient (Wildman–Crippen LogP) is 3.93. The zero-order chi connectivity index (χ0) is 14.9. The highest BCUT2D eigenvalue weighted by Crippen LogP contribution is 2.30. The number of hydrogen-bond acceptors (Lipinski definition) is 3. The van der Waals surface area contributed by atoms with Crippen molar-refractivity contribution in [3.05, 3.63) is 46.3 Å². The van der Waals surface area contributed by atoms with E-state index in [4.69, 9.17) is 11.6 Å². The molecular weight excluding hydrogens is 314 g/mol. The summed E-state index contributed by atoms with van der Waals surface area (Å²) < 4.78 is 26.8. The minimum Gasteiger partial charge on any atom is -0.268 e. The summed E-state index contributed by atoms with van der Waals surface area (Å²) in [5.74, 6) is 0.327. The van der Waals surface area contributed by atoms with Crippen LogP contribution in [-0.2, 0) is 15.9 Å². The van der Waals surface area contributed by atoms with Gasteiger partial charge in [-0.05, 0) is 37.6 Å². The number of aryl methyl sites for hydroxylation is 2. The molecule has 0 atom stereocenters. The molecule has 20 heavy (non-hydrogen) atoms. The van der Waals surface area contributed by atoms with Crippen molar-refractivity contribution in [3.8, 4) is 0 Å². The fraction of sp³-hybridized carbons (Fsp3) is 0.286. The molecule has 0 aliphatic heterocycles. The first-order chi connectivity index (χ1) is 9.36. The van der Waals surface area contributed by atoms with Gasteiger partial charge in [0.05, 0.1) is 11.6 Å². The topological polar surface area (TPSA) is 37.4 Å². The lowest BCUT2D eigenvalue weighted by Gasteiger charge is -2.20. The van der Waals surface area contributed by atoms with E-state index in [9.17, 15) is 8.42 Å². The van der Waals surface area contributed by atoms with Crippen LogP contribution in [0.1, 0.15) is 16.0 Å². The van der Waals surface area contributed by atoms with Crippen LogP contribution in [0, 0.1) is 13.8 Å². The summed E-state index contributed by atoms with van der Waals surface area (Å²) in [6.45, 7) is 3.89. The third-order valence-corrected chi connectivity index (χ3v) is 6.85. The van der Waals surface area contributed by atoms with E-state index in [1.807, 2.05) is 32.0 Å². The summed E-state index contributed by atoms with van der Waals surface area (Å²) >= 11 is 6.94. The summed E-state index contributed by atoms with van der Waals surface area (Å²) in [7, 11) is -1.95. The molecule has 0 saturated heterocycles. The van der Waals surface area contributed by atoms with Crippen LogP contribution in [0.3, 0.4) is 0 Å². The lowest BCUT2D eigenvalue weighted by Crippen LogP contribution is -2.26. The van der Waals surface area contributed by atoms with Crippen molar-refractivity contribution < 1.29 is 8.42 Å². The van der Waals surface area contributed by atoms with Gasteiger partial charge in [0.1, 0.15) is 4.21 Å². The maximum atomic E-state index is 12.6. The molecule has 108 valence electrons. The molecule has 0 N–H and O–H groups in total. The number of benzene rings is 1. The molecule has 0 unspecified atom stereocenters. The fourth-order valence-corrected chi connectivity index (χ4v) is 4.88. The second kappa shape index (κ2) is 5.76. The normalized spacial score (nSPS) is 11.6. The van der Waals surface area contributed by atoms with Crippen LogP contribution in [0.4, 0.5) is 5.69 Å². The summed E-state index contributed by atoms with van der Waals surface area (Å²) in [5.41, 5.74) is 2.74. The predicted molar refractivity (Wildman–Crippen MR) is 85.4 cm³/mol. The number of alkyl halides is 1. The van der Waals surface area contributed by atoms with E-state index in [0.29, 0.717) is 15.8 Å². The maximum Gasteiger partial charge on any atom is 0.273 e. The van der Waals surface area contributed by atoms with E-state index < -0.39 is 10.0 Å². The van der Waals surface area contributed by atoms with Crippen LogP contribution in [0.15, 0.2) is 34.5 Å². The molecule has 2 aromatic rings. The van der Waals surface area contributed by atoms with Gasteiger partial charge >= 0.3 is 0 Å². The molecule has 0 aliphatic rings. The van der Waals surface area contributed by atoms with Gasteiger partial charge in [0, 0.05) is 11.9 Å². The number of thiophene rings is 1. The standard InChI is InChI=1S/C14H16ClNO2S2/c1-10-4-6-13(11(2)8-10)16(3)20(17,18)14-7-5-12(9-15)19-14/h4-8H,9H2,1-3H3. The molecule has 6 heteroatoms. The molecule has 0 aliphatic carbocycles. The molecule has 0 spiro atoms.